The zero-order valence-electron chi connectivity index (χ0n) is 20.5. The van der Waals surface area contributed by atoms with Gasteiger partial charge in [0.2, 0.25) is 0 Å². The van der Waals surface area contributed by atoms with Crippen LogP contribution in [0.3, 0.4) is 0 Å². The summed E-state index contributed by atoms with van der Waals surface area (Å²) in [7, 11) is 0. The molecule has 0 saturated heterocycles. The zero-order valence-corrected chi connectivity index (χ0v) is 20.5. The van der Waals surface area contributed by atoms with Crippen molar-refractivity contribution >= 4 is 11.5 Å². The van der Waals surface area contributed by atoms with E-state index < -0.39 is 0 Å². The summed E-state index contributed by atoms with van der Waals surface area (Å²) < 4.78 is 0. The minimum atomic E-state index is 0.715. The quantitative estimate of drug-likeness (QED) is 0.449. The van der Waals surface area contributed by atoms with Crippen LogP contribution in [0.1, 0.15) is 128 Å². The summed E-state index contributed by atoms with van der Waals surface area (Å²) in [6, 6.07) is 7.82. The fourth-order valence-corrected chi connectivity index (χ4v) is 7.54. The number of anilines is 2. The first-order chi connectivity index (χ1) is 15.9. The van der Waals surface area contributed by atoms with Crippen molar-refractivity contribution in [1.82, 2.24) is 4.98 Å². The van der Waals surface area contributed by atoms with Crippen molar-refractivity contribution in [2.45, 2.75) is 153 Å². The first-order valence-electron chi connectivity index (χ1n) is 14.4. The minimum Gasteiger partial charge on any atom is -0.365 e. The fourth-order valence-electron chi connectivity index (χ4n) is 7.54. The maximum Gasteiger partial charge on any atom is 0.131 e. The van der Waals surface area contributed by atoms with Crippen LogP contribution >= 0.6 is 0 Å². The summed E-state index contributed by atoms with van der Waals surface area (Å²) in [6.07, 6.45) is 30.3. The number of hydrogen-bond donors (Lipinski definition) is 0. The first kappa shape index (κ1) is 22.5. The van der Waals surface area contributed by atoms with Crippen molar-refractivity contribution in [3.8, 4) is 0 Å². The van der Waals surface area contributed by atoms with E-state index in [2.05, 4.69) is 28.1 Å². The number of nitrogens with zero attached hydrogens (tertiary/aromatic N) is 3. The molecule has 4 aliphatic carbocycles. The van der Waals surface area contributed by atoms with Crippen molar-refractivity contribution in [3.05, 3.63) is 18.3 Å². The van der Waals surface area contributed by atoms with E-state index in [1.807, 2.05) is 0 Å². The highest BCUT2D eigenvalue weighted by molar-refractivity contribution is 5.57. The molecule has 4 aliphatic rings. The highest BCUT2D eigenvalue weighted by Crippen LogP contribution is 2.38. The summed E-state index contributed by atoms with van der Waals surface area (Å²) in [5.74, 6) is 1.30. The fraction of sp³-hybridized carbons (Fsp3) is 0.828. The number of rotatable bonds is 6. The lowest BCUT2D eigenvalue weighted by Crippen LogP contribution is -2.47. The molecule has 0 unspecified atom stereocenters. The summed E-state index contributed by atoms with van der Waals surface area (Å²) in [5.41, 5.74) is 1.49. The second kappa shape index (κ2) is 11.3. The molecule has 0 N–H and O–H groups in total. The molecule has 1 aromatic heterocycles. The molecule has 3 nitrogen and oxygen atoms in total. The van der Waals surface area contributed by atoms with Gasteiger partial charge in [-0.15, -0.1) is 0 Å². The maximum absolute atomic E-state index is 5.06. The topological polar surface area (TPSA) is 19.4 Å². The summed E-state index contributed by atoms with van der Waals surface area (Å²) in [6.45, 7) is 0. The molecule has 1 heterocycles. The van der Waals surface area contributed by atoms with E-state index in [0.717, 1.165) is 12.1 Å². The highest BCUT2D eigenvalue weighted by Gasteiger charge is 2.32. The highest BCUT2D eigenvalue weighted by atomic mass is 15.3. The van der Waals surface area contributed by atoms with Crippen LogP contribution in [0.4, 0.5) is 11.5 Å². The maximum atomic E-state index is 5.06. The predicted molar refractivity (Wildman–Crippen MR) is 137 cm³/mol. The summed E-state index contributed by atoms with van der Waals surface area (Å²) >= 11 is 0. The van der Waals surface area contributed by atoms with Gasteiger partial charge >= 0.3 is 0 Å². The molecule has 5 rings (SSSR count). The lowest BCUT2D eigenvalue weighted by molar-refractivity contribution is 0.335. The molecule has 3 heteroatoms. The molecule has 4 fully saturated rings. The van der Waals surface area contributed by atoms with E-state index in [0.29, 0.717) is 12.1 Å². The van der Waals surface area contributed by atoms with E-state index in [-0.39, 0.29) is 0 Å². The molecule has 0 amide bonds. The van der Waals surface area contributed by atoms with Crippen LogP contribution in [0.15, 0.2) is 18.3 Å². The van der Waals surface area contributed by atoms with Gasteiger partial charge < -0.3 is 9.80 Å². The van der Waals surface area contributed by atoms with Gasteiger partial charge in [-0.2, -0.15) is 0 Å². The Labute approximate surface area is 197 Å². The van der Waals surface area contributed by atoms with Gasteiger partial charge in [0.1, 0.15) is 5.82 Å². The van der Waals surface area contributed by atoms with E-state index in [4.69, 9.17) is 4.98 Å². The molecule has 4 saturated carbocycles. The van der Waals surface area contributed by atoms with E-state index >= 15 is 0 Å². The van der Waals surface area contributed by atoms with Crippen LogP contribution < -0.4 is 9.80 Å². The van der Waals surface area contributed by atoms with E-state index in [1.54, 1.807) is 0 Å². The SMILES string of the molecule is c1cc(N(C2CCCCC2)C2CCCCC2)cc(N(C2CCCCC2)C2CCCCC2)n1. The minimum absolute atomic E-state index is 0.715. The van der Waals surface area contributed by atoms with Gasteiger partial charge in [-0.3, -0.25) is 0 Å². The third-order valence-electron chi connectivity index (χ3n) is 9.16. The molecular weight excluding hydrogens is 390 g/mol. The first-order valence-corrected chi connectivity index (χ1v) is 14.4. The Kier molecular flexibility index (Phi) is 7.92. The van der Waals surface area contributed by atoms with Gasteiger partial charge in [-0.05, 0) is 57.4 Å². The third kappa shape index (κ3) is 5.28. The second-order valence-corrected chi connectivity index (χ2v) is 11.4. The molecular formula is C29H47N3. The lowest BCUT2D eigenvalue weighted by atomic mass is 9.87. The Balaban J connectivity index is 1.45. The van der Waals surface area contributed by atoms with E-state index in [9.17, 15) is 0 Å². The van der Waals surface area contributed by atoms with Gasteiger partial charge in [0.15, 0.2) is 0 Å². The Morgan fingerprint density at radius 3 is 1.28 bits per heavy atom. The van der Waals surface area contributed by atoms with Crippen LogP contribution in [0.2, 0.25) is 0 Å². The average Bonchev–Trinajstić information content (AvgIpc) is 2.87. The Bertz CT molecular complexity index is 588. The molecule has 32 heavy (non-hydrogen) atoms. The number of pyridine rings is 1. The van der Waals surface area contributed by atoms with Gasteiger partial charge in [0.25, 0.3) is 0 Å². The monoisotopic (exact) mass is 437 g/mol. The molecule has 0 bridgehead atoms. The van der Waals surface area contributed by atoms with Crippen molar-refractivity contribution in [2.24, 2.45) is 0 Å². The lowest BCUT2D eigenvalue weighted by Gasteiger charge is -2.45. The van der Waals surface area contributed by atoms with Crippen LogP contribution in [-0.4, -0.2) is 29.2 Å². The molecule has 0 radical (unpaired) electrons. The summed E-state index contributed by atoms with van der Waals surface area (Å²) in [5, 5.41) is 0. The molecule has 178 valence electrons. The van der Waals surface area contributed by atoms with Crippen molar-refractivity contribution in [3.63, 3.8) is 0 Å². The molecule has 0 spiro atoms. The number of aromatic nitrogens is 1. The normalized spacial score (nSPS) is 25.0. The molecule has 1 aromatic rings. The second-order valence-electron chi connectivity index (χ2n) is 11.4. The Morgan fingerprint density at radius 2 is 0.875 bits per heavy atom. The predicted octanol–water partition coefficient (Wildman–Crippen LogP) is 8.03. The van der Waals surface area contributed by atoms with Crippen molar-refractivity contribution in [2.75, 3.05) is 9.80 Å². The van der Waals surface area contributed by atoms with Gasteiger partial charge in [-0.1, -0.05) is 77.0 Å². The Hall–Kier alpha value is -1.25. The standard InChI is InChI=1S/C29H47N3/c1-5-13-24(14-6-1)31(25-15-7-2-8-16-25)28-21-22-30-29(23-28)32(26-17-9-3-10-18-26)27-19-11-4-12-20-27/h21-27H,1-20H2. The zero-order chi connectivity index (χ0) is 21.6. The van der Waals surface area contributed by atoms with Gasteiger partial charge in [0.05, 0.1) is 0 Å². The third-order valence-corrected chi connectivity index (χ3v) is 9.16. The van der Waals surface area contributed by atoms with Crippen molar-refractivity contribution in [1.29, 1.82) is 0 Å². The van der Waals surface area contributed by atoms with Crippen LogP contribution in [0.5, 0.6) is 0 Å². The smallest absolute Gasteiger partial charge is 0.131 e. The molecule has 0 atom stereocenters. The average molecular weight is 438 g/mol. The number of hydrogen-bond acceptors (Lipinski definition) is 3. The van der Waals surface area contributed by atoms with Gasteiger partial charge in [0, 0.05) is 42.1 Å². The van der Waals surface area contributed by atoms with E-state index in [1.165, 1.54) is 140 Å². The van der Waals surface area contributed by atoms with Crippen LogP contribution in [0, 0.1) is 0 Å². The molecule has 0 aliphatic heterocycles. The van der Waals surface area contributed by atoms with Crippen LogP contribution in [-0.2, 0) is 0 Å². The molecule has 0 aromatic carbocycles. The van der Waals surface area contributed by atoms with Crippen LogP contribution in [0.25, 0.3) is 0 Å². The summed E-state index contributed by atoms with van der Waals surface area (Å²) in [4.78, 5) is 10.8. The van der Waals surface area contributed by atoms with Gasteiger partial charge in [-0.25, -0.2) is 4.98 Å². The van der Waals surface area contributed by atoms with Crippen molar-refractivity contribution < 1.29 is 0 Å². The largest absolute Gasteiger partial charge is 0.365 e. The Morgan fingerprint density at radius 1 is 0.500 bits per heavy atom.